The normalized spacial score (nSPS) is 21.5. The number of piperidine rings is 2. The highest BCUT2D eigenvalue weighted by Crippen LogP contribution is 2.41. The third-order valence-corrected chi connectivity index (χ3v) is 4.78. The van der Waals surface area contributed by atoms with E-state index in [0.29, 0.717) is 5.41 Å². The van der Waals surface area contributed by atoms with E-state index in [0.717, 1.165) is 51.9 Å². The number of amides is 3. The molecule has 6 nitrogen and oxygen atoms in total. The van der Waals surface area contributed by atoms with Gasteiger partial charge in [0, 0.05) is 32.2 Å². The summed E-state index contributed by atoms with van der Waals surface area (Å²) in [4.78, 5) is 27.2. The summed E-state index contributed by atoms with van der Waals surface area (Å²) in [7, 11) is 1.43. The van der Waals surface area contributed by atoms with Crippen LogP contribution in [0.15, 0.2) is 0 Å². The van der Waals surface area contributed by atoms with Gasteiger partial charge in [0.05, 0.1) is 7.11 Å². The van der Waals surface area contributed by atoms with E-state index in [2.05, 4.69) is 5.32 Å². The molecule has 0 bridgehead atoms. The van der Waals surface area contributed by atoms with Crippen molar-refractivity contribution < 1.29 is 14.3 Å². The maximum atomic E-state index is 12.0. The van der Waals surface area contributed by atoms with Crippen LogP contribution in [0, 0.1) is 5.41 Å². The van der Waals surface area contributed by atoms with Crippen molar-refractivity contribution in [2.24, 2.45) is 5.41 Å². The van der Waals surface area contributed by atoms with Crippen molar-refractivity contribution in [2.75, 3.05) is 33.3 Å². The standard InChI is InChI=1S/C15H27N3O3/c1-12(2)16-13(19)17-8-4-15(5-9-17)6-10-18(11-7-15)14(20)21-3/h12H,4-11H2,1-3H3,(H,16,19). The second kappa shape index (κ2) is 6.54. The van der Waals surface area contributed by atoms with Gasteiger partial charge in [0.15, 0.2) is 0 Å². The van der Waals surface area contributed by atoms with E-state index in [4.69, 9.17) is 4.74 Å². The number of ether oxygens (including phenoxy) is 1. The van der Waals surface area contributed by atoms with Crippen LogP contribution in [0.25, 0.3) is 0 Å². The molecule has 0 radical (unpaired) electrons. The molecular formula is C15H27N3O3. The molecule has 2 aliphatic rings. The van der Waals surface area contributed by atoms with Gasteiger partial charge in [-0.25, -0.2) is 9.59 Å². The molecule has 0 atom stereocenters. The first-order valence-electron chi connectivity index (χ1n) is 7.84. The molecule has 21 heavy (non-hydrogen) atoms. The van der Waals surface area contributed by atoms with Gasteiger partial charge in [0.2, 0.25) is 0 Å². The summed E-state index contributed by atoms with van der Waals surface area (Å²) in [5.41, 5.74) is 0.305. The number of likely N-dealkylation sites (tertiary alicyclic amines) is 2. The van der Waals surface area contributed by atoms with Crippen LogP contribution in [0.4, 0.5) is 9.59 Å². The monoisotopic (exact) mass is 297 g/mol. The summed E-state index contributed by atoms with van der Waals surface area (Å²) in [5.74, 6) is 0. The molecule has 2 saturated heterocycles. The Morgan fingerprint density at radius 1 is 1.00 bits per heavy atom. The predicted octanol–water partition coefficient (Wildman–Crippen LogP) is 2.05. The van der Waals surface area contributed by atoms with Crippen LogP contribution in [0.3, 0.4) is 0 Å². The van der Waals surface area contributed by atoms with E-state index in [1.807, 2.05) is 18.7 Å². The molecule has 2 rings (SSSR count). The Bertz CT molecular complexity index is 380. The molecular weight excluding hydrogens is 270 g/mol. The molecule has 120 valence electrons. The number of urea groups is 1. The van der Waals surface area contributed by atoms with Crippen LogP contribution < -0.4 is 5.32 Å². The summed E-state index contributed by atoms with van der Waals surface area (Å²) in [6.07, 6.45) is 3.88. The number of methoxy groups -OCH3 is 1. The van der Waals surface area contributed by atoms with Crippen molar-refractivity contribution in [3.8, 4) is 0 Å². The maximum absolute atomic E-state index is 12.0. The van der Waals surface area contributed by atoms with E-state index in [1.165, 1.54) is 7.11 Å². The average Bonchev–Trinajstić information content (AvgIpc) is 2.47. The van der Waals surface area contributed by atoms with Gasteiger partial charge in [-0.2, -0.15) is 0 Å². The third kappa shape index (κ3) is 3.80. The lowest BCUT2D eigenvalue weighted by Crippen LogP contribution is -2.52. The van der Waals surface area contributed by atoms with Crippen molar-refractivity contribution in [3.05, 3.63) is 0 Å². The van der Waals surface area contributed by atoms with Gasteiger partial charge >= 0.3 is 12.1 Å². The van der Waals surface area contributed by atoms with Crippen molar-refractivity contribution >= 4 is 12.1 Å². The molecule has 0 aromatic rings. The van der Waals surface area contributed by atoms with Crippen LogP contribution in [0.2, 0.25) is 0 Å². The Morgan fingerprint density at radius 2 is 1.48 bits per heavy atom. The number of rotatable bonds is 1. The van der Waals surface area contributed by atoms with Crippen LogP contribution >= 0.6 is 0 Å². The Labute approximate surface area is 126 Å². The minimum atomic E-state index is -0.224. The van der Waals surface area contributed by atoms with Crippen LogP contribution in [-0.2, 0) is 4.74 Å². The lowest BCUT2D eigenvalue weighted by Gasteiger charge is -2.46. The molecule has 2 aliphatic heterocycles. The Balaban J connectivity index is 1.81. The zero-order chi connectivity index (χ0) is 15.5. The van der Waals surface area contributed by atoms with Crippen LogP contribution in [0.1, 0.15) is 39.5 Å². The number of nitrogens with one attached hydrogen (secondary N) is 1. The minimum Gasteiger partial charge on any atom is -0.453 e. The molecule has 3 amide bonds. The average molecular weight is 297 g/mol. The SMILES string of the molecule is COC(=O)N1CCC2(CCN(C(=O)NC(C)C)CC2)CC1. The van der Waals surface area contributed by atoms with Gasteiger partial charge in [0.1, 0.15) is 0 Å². The summed E-state index contributed by atoms with van der Waals surface area (Å²) < 4.78 is 4.78. The summed E-state index contributed by atoms with van der Waals surface area (Å²) in [5, 5.41) is 2.95. The van der Waals surface area contributed by atoms with Gasteiger partial charge < -0.3 is 19.9 Å². The summed E-state index contributed by atoms with van der Waals surface area (Å²) in [6, 6.07) is 0.225. The molecule has 1 spiro atoms. The smallest absolute Gasteiger partial charge is 0.409 e. The van der Waals surface area contributed by atoms with Crippen molar-refractivity contribution in [1.82, 2.24) is 15.1 Å². The highest BCUT2D eigenvalue weighted by atomic mass is 16.5. The van der Waals surface area contributed by atoms with Crippen LogP contribution in [0.5, 0.6) is 0 Å². The van der Waals surface area contributed by atoms with Gasteiger partial charge in [-0.05, 0) is 44.9 Å². The Hall–Kier alpha value is -1.46. The number of hydrogen-bond donors (Lipinski definition) is 1. The molecule has 2 heterocycles. The lowest BCUT2D eigenvalue weighted by atomic mass is 9.71. The fourth-order valence-corrected chi connectivity index (χ4v) is 3.32. The molecule has 0 aromatic heterocycles. The molecule has 0 saturated carbocycles. The molecule has 0 aliphatic carbocycles. The Morgan fingerprint density at radius 3 is 1.90 bits per heavy atom. The third-order valence-electron chi connectivity index (χ3n) is 4.78. The van der Waals surface area contributed by atoms with E-state index < -0.39 is 0 Å². The molecule has 0 unspecified atom stereocenters. The van der Waals surface area contributed by atoms with Crippen molar-refractivity contribution in [3.63, 3.8) is 0 Å². The fourth-order valence-electron chi connectivity index (χ4n) is 3.32. The van der Waals surface area contributed by atoms with Crippen LogP contribution in [-0.4, -0.2) is 61.3 Å². The van der Waals surface area contributed by atoms with Crippen molar-refractivity contribution in [2.45, 2.75) is 45.6 Å². The van der Waals surface area contributed by atoms with E-state index in [9.17, 15) is 9.59 Å². The first-order valence-corrected chi connectivity index (χ1v) is 7.84. The number of hydrogen-bond acceptors (Lipinski definition) is 3. The fraction of sp³-hybridized carbons (Fsp3) is 0.867. The van der Waals surface area contributed by atoms with Gasteiger partial charge in [0.25, 0.3) is 0 Å². The largest absolute Gasteiger partial charge is 0.453 e. The highest BCUT2D eigenvalue weighted by Gasteiger charge is 2.39. The second-order valence-corrected chi connectivity index (χ2v) is 6.55. The Kier molecular flexibility index (Phi) is 4.96. The van der Waals surface area contributed by atoms with Gasteiger partial charge in [-0.1, -0.05) is 0 Å². The zero-order valence-corrected chi connectivity index (χ0v) is 13.4. The van der Waals surface area contributed by atoms with Gasteiger partial charge in [-0.15, -0.1) is 0 Å². The van der Waals surface area contributed by atoms with Crippen molar-refractivity contribution in [1.29, 1.82) is 0 Å². The summed E-state index contributed by atoms with van der Waals surface area (Å²) >= 11 is 0. The maximum Gasteiger partial charge on any atom is 0.409 e. The zero-order valence-electron chi connectivity index (χ0n) is 13.4. The van der Waals surface area contributed by atoms with E-state index in [1.54, 1.807) is 4.90 Å². The first-order chi connectivity index (χ1) is 9.96. The number of nitrogens with zero attached hydrogens (tertiary/aromatic N) is 2. The highest BCUT2D eigenvalue weighted by molar-refractivity contribution is 5.74. The second-order valence-electron chi connectivity index (χ2n) is 6.55. The number of carbonyl (C=O) groups excluding carboxylic acids is 2. The predicted molar refractivity (Wildman–Crippen MR) is 80.1 cm³/mol. The molecule has 0 aromatic carbocycles. The summed E-state index contributed by atoms with van der Waals surface area (Å²) in [6.45, 7) is 7.13. The van der Waals surface area contributed by atoms with E-state index >= 15 is 0 Å². The molecule has 6 heteroatoms. The van der Waals surface area contributed by atoms with E-state index in [-0.39, 0.29) is 18.2 Å². The minimum absolute atomic E-state index is 0.0480. The topological polar surface area (TPSA) is 61.9 Å². The number of carbonyl (C=O) groups is 2. The molecule has 2 fully saturated rings. The first kappa shape index (κ1) is 15.9. The molecule has 1 N–H and O–H groups in total. The quantitative estimate of drug-likeness (QED) is 0.805. The van der Waals surface area contributed by atoms with Gasteiger partial charge in [-0.3, -0.25) is 0 Å². The lowest BCUT2D eigenvalue weighted by molar-refractivity contribution is 0.0408.